The Labute approximate surface area is 226 Å². The fraction of sp³-hybridized carbons (Fsp3) is 0.320. The Morgan fingerprint density at radius 1 is 1.26 bits per heavy atom. The fourth-order valence-electron chi connectivity index (χ4n) is 5.07. The summed E-state index contributed by atoms with van der Waals surface area (Å²) < 4.78 is 54.6. The highest BCUT2D eigenvalue weighted by Crippen LogP contribution is 2.46. The van der Waals surface area contributed by atoms with Crippen LogP contribution in [0.4, 0.5) is 14.6 Å². The Hall–Kier alpha value is -2.96. The van der Waals surface area contributed by atoms with Crippen molar-refractivity contribution < 1.29 is 22.0 Å². The average Bonchev–Trinajstić information content (AvgIpc) is 2.85. The van der Waals surface area contributed by atoms with Gasteiger partial charge in [-0.05, 0) is 24.3 Å². The quantitative estimate of drug-likeness (QED) is 0.427. The number of aromatic nitrogens is 2. The molecule has 1 saturated heterocycles. The maximum absolute atomic E-state index is 14.8. The van der Waals surface area contributed by atoms with Crippen molar-refractivity contribution in [1.82, 2.24) is 14.5 Å². The number of thioether (sulfide) groups is 1. The van der Waals surface area contributed by atoms with Gasteiger partial charge in [-0.15, -0.1) is 11.8 Å². The molecule has 1 fully saturated rings. The minimum Gasteiger partial charge on any atom is -0.348 e. The molecule has 1 aromatic heterocycles. The second-order valence-electron chi connectivity index (χ2n) is 9.23. The van der Waals surface area contributed by atoms with E-state index in [0.717, 1.165) is 18.4 Å². The summed E-state index contributed by atoms with van der Waals surface area (Å²) in [6.07, 6.45) is 2.28. The normalized spacial score (nSPS) is 17.6. The van der Waals surface area contributed by atoms with E-state index >= 15 is 0 Å². The number of sulfone groups is 1. The zero-order valence-electron chi connectivity index (χ0n) is 20.3. The minimum absolute atomic E-state index is 0.0956. The average molecular weight is 581 g/mol. The van der Waals surface area contributed by atoms with Gasteiger partial charge in [0.1, 0.15) is 27.3 Å². The summed E-state index contributed by atoms with van der Waals surface area (Å²) in [5.41, 5.74) is 0.416. The van der Waals surface area contributed by atoms with Crippen LogP contribution in [-0.2, 0) is 21.2 Å². The SMILES string of the molecule is C=CC(=O)N1CCN(c2nc(=O)n3c4c(c(-c5ccc(F)cc5F)c(Cl)cc24)SCC3)[C@@H](CS(C)(=O)=O)C1. The summed E-state index contributed by atoms with van der Waals surface area (Å²) in [7, 11) is -3.47. The summed E-state index contributed by atoms with van der Waals surface area (Å²) in [4.78, 5) is 33.7. The standard InChI is InChI=1S/C25H23ClF2N4O4S2/c1-3-20(33)30-6-7-31(15(12-30)13-38(2,35)36)24-17-11-18(26)21(16-5-4-14(27)10-19(16)28)23-22(17)32(8-9-37-23)25(34)29-24/h3-5,10-11,15H,1,6-9,12-13H2,2H3/t15-/m1/s1. The molecule has 0 N–H and O–H groups in total. The first-order valence-electron chi connectivity index (χ1n) is 11.7. The molecule has 2 aliphatic rings. The van der Waals surface area contributed by atoms with E-state index in [1.807, 2.05) is 0 Å². The van der Waals surface area contributed by atoms with Gasteiger partial charge < -0.3 is 9.80 Å². The number of benzene rings is 2. The molecule has 2 aromatic carbocycles. The summed E-state index contributed by atoms with van der Waals surface area (Å²) >= 11 is 8.12. The van der Waals surface area contributed by atoms with Crippen molar-refractivity contribution in [2.75, 3.05) is 42.3 Å². The van der Waals surface area contributed by atoms with E-state index in [4.69, 9.17) is 11.6 Å². The molecule has 5 rings (SSSR count). The number of rotatable bonds is 5. The predicted molar refractivity (Wildman–Crippen MR) is 145 cm³/mol. The van der Waals surface area contributed by atoms with Gasteiger partial charge in [-0.2, -0.15) is 4.98 Å². The number of halogens is 3. The first kappa shape index (κ1) is 26.6. The van der Waals surface area contributed by atoms with E-state index < -0.39 is 33.2 Å². The van der Waals surface area contributed by atoms with Crippen LogP contribution in [0.2, 0.25) is 5.02 Å². The Morgan fingerprint density at radius 3 is 2.71 bits per heavy atom. The van der Waals surface area contributed by atoms with Crippen molar-refractivity contribution in [3.05, 3.63) is 64.1 Å². The molecule has 0 unspecified atom stereocenters. The highest BCUT2D eigenvalue weighted by atomic mass is 35.5. The molecule has 3 aromatic rings. The smallest absolute Gasteiger partial charge is 0.348 e. The molecule has 1 amide bonds. The number of amides is 1. The first-order chi connectivity index (χ1) is 18.0. The van der Waals surface area contributed by atoms with Gasteiger partial charge in [0, 0.05) is 65.7 Å². The van der Waals surface area contributed by atoms with Crippen LogP contribution in [-0.4, -0.2) is 72.2 Å². The predicted octanol–water partition coefficient (Wildman–Crippen LogP) is 3.35. The van der Waals surface area contributed by atoms with Crippen LogP contribution in [0.3, 0.4) is 0 Å². The lowest BCUT2D eigenvalue weighted by Gasteiger charge is -2.42. The Kier molecular flexibility index (Phi) is 6.99. The number of hydrogen-bond acceptors (Lipinski definition) is 7. The van der Waals surface area contributed by atoms with Gasteiger partial charge in [0.05, 0.1) is 22.3 Å². The van der Waals surface area contributed by atoms with Crippen molar-refractivity contribution in [3.63, 3.8) is 0 Å². The third-order valence-corrected chi connectivity index (χ3v) is 9.01. The van der Waals surface area contributed by atoms with Crippen LogP contribution in [0.1, 0.15) is 0 Å². The van der Waals surface area contributed by atoms with Crippen LogP contribution in [0.25, 0.3) is 22.0 Å². The van der Waals surface area contributed by atoms with E-state index in [1.165, 1.54) is 33.4 Å². The Morgan fingerprint density at radius 2 is 2.03 bits per heavy atom. The van der Waals surface area contributed by atoms with Crippen LogP contribution < -0.4 is 10.6 Å². The lowest BCUT2D eigenvalue weighted by atomic mass is 10.0. The van der Waals surface area contributed by atoms with Crippen LogP contribution in [0.15, 0.2) is 46.6 Å². The lowest BCUT2D eigenvalue weighted by Crippen LogP contribution is -2.57. The zero-order valence-corrected chi connectivity index (χ0v) is 22.7. The molecule has 2 aliphatic heterocycles. The van der Waals surface area contributed by atoms with Crippen LogP contribution in [0.5, 0.6) is 0 Å². The molecule has 3 heterocycles. The molecule has 8 nitrogen and oxygen atoms in total. The van der Waals surface area contributed by atoms with E-state index in [-0.39, 0.29) is 47.7 Å². The maximum atomic E-state index is 14.8. The van der Waals surface area contributed by atoms with Gasteiger partial charge in [0.15, 0.2) is 0 Å². The van der Waals surface area contributed by atoms with Crippen LogP contribution in [0, 0.1) is 11.6 Å². The molecule has 13 heteroatoms. The van der Waals surface area contributed by atoms with Crippen molar-refractivity contribution in [1.29, 1.82) is 0 Å². The van der Waals surface area contributed by atoms with Crippen LogP contribution >= 0.6 is 23.4 Å². The number of anilines is 1. The molecular weight excluding hydrogens is 558 g/mol. The third-order valence-electron chi connectivity index (χ3n) is 6.65. The van der Waals surface area contributed by atoms with Crippen molar-refractivity contribution >= 4 is 55.8 Å². The fourth-order valence-corrected chi connectivity index (χ4v) is 7.61. The van der Waals surface area contributed by atoms with E-state index in [9.17, 15) is 26.8 Å². The number of carbonyl (C=O) groups is 1. The number of piperazine rings is 1. The van der Waals surface area contributed by atoms with Gasteiger partial charge in [0.2, 0.25) is 5.91 Å². The topological polar surface area (TPSA) is 92.6 Å². The molecule has 0 bridgehead atoms. The maximum Gasteiger partial charge on any atom is 0.350 e. The largest absolute Gasteiger partial charge is 0.350 e. The number of hydrogen-bond donors (Lipinski definition) is 0. The summed E-state index contributed by atoms with van der Waals surface area (Å²) in [6.45, 7) is 4.46. The molecule has 0 radical (unpaired) electrons. The number of nitrogens with zero attached hydrogens (tertiary/aromatic N) is 4. The molecule has 0 spiro atoms. The third kappa shape index (κ3) is 4.80. The second kappa shape index (κ2) is 9.97. The molecular formula is C25H23ClF2N4O4S2. The highest BCUT2D eigenvalue weighted by molar-refractivity contribution is 7.99. The van der Waals surface area contributed by atoms with Gasteiger partial charge in [-0.25, -0.2) is 22.0 Å². The van der Waals surface area contributed by atoms with Gasteiger partial charge >= 0.3 is 5.69 Å². The number of carbonyl (C=O) groups excluding carboxylic acids is 1. The summed E-state index contributed by atoms with van der Waals surface area (Å²) in [5.74, 6) is -1.34. The minimum atomic E-state index is -3.47. The summed E-state index contributed by atoms with van der Waals surface area (Å²) in [5, 5.41) is 0.686. The Balaban J connectivity index is 1.73. The van der Waals surface area contributed by atoms with Crippen molar-refractivity contribution in [3.8, 4) is 11.1 Å². The van der Waals surface area contributed by atoms with Gasteiger partial charge in [0.25, 0.3) is 0 Å². The molecule has 1 atom stereocenters. The first-order valence-corrected chi connectivity index (χ1v) is 15.1. The summed E-state index contributed by atoms with van der Waals surface area (Å²) in [6, 6.07) is 4.14. The second-order valence-corrected chi connectivity index (χ2v) is 12.9. The molecule has 0 aliphatic carbocycles. The molecule has 0 saturated carbocycles. The molecule has 200 valence electrons. The number of aryl methyl sites for hydroxylation is 1. The monoisotopic (exact) mass is 580 g/mol. The zero-order chi connectivity index (χ0) is 27.4. The van der Waals surface area contributed by atoms with Crippen molar-refractivity contribution in [2.45, 2.75) is 17.5 Å². The lowest BCUT2D eigenvalue weighted by molar-refractivity contribution is -0.126. The molecule has 38 heavy (non-hydrogen) atoms. The Bertz CT molecular complexity index is 1660. The van der Waals surface area contributed by atoms with E-state index in [1.54, 1.807) is 11.0 Å². The van der Waals surface area contributed by atoms with E-state index in [2.05, 4.69) is 11.6 Å². The van der Waals surface area contributed by atoms with Gasteiger partial charge in [-0.3, -0.25) is 9.36 Å². The van der Waals surface area contributed by atoms with Gasteiger partial charge in [-0.1, -0.05) is 18.2 Å². The van der Waals surface area contributed by atoms with Crippen molar-refractivity contribution in [2.24, 2.45) is 0 Å². The highest BCUT2D eigenvalue weighted by Gasteiger charge is 2.35. The van der Waals surface area contributed by atoms with E-state index in [0.29, 0.717) is 33.7 Å².